The van der Waals surface area contributed by atoms with E-state index in [0.717, 1.165) is 30.2 Å². The molecule has 3 unspecified atom stereocenters. The fourth-order valence-corrected chi connectivity index (χ4v) is 5.51. The van der Waals surface area contributed by atoms with Gasteiger partial charge in [0.15, 0.2) is 0 Å². The number of hydrogen-bond acceptors (Lipinski definition) is 4. The van der Waals surface area contributed by atoms with Gasteiger partial charge in [0.05, 0.1) is 6.61 Å². The summed E-state index contributed by atoms with van der Waals surface area (Å²) in [7, 11) is 0. The molecule has 3 rings (SSSR count). The van der Waals surface area contributed by atoms with Gasteiger partial charge in [0, 0.05) is 18.7 Å². The fraction of sp³-hybridized carbons (Fsp3) is 0.700. The van der Waals surface area contributed by atoms with Crippen LogP contribution < -0.4 is 0 Å². The first-order valence-electron chi connectivity index (χ1n) is 13.9. The van der Waals surface area contributed by atoms with Crippen molar-refractivity contribution in [1.29, 1.82) is 0 Å². The number of aliphatic imine (C=N–C) groups is 1. The van der Waals surface area contributed by atoms with Crippen molar-refractivity contribution >= 4 is 18.2 Å². The maximum atomic E-state index is 13.3. The maximum Gasteiger partial charge on any atom is 0.410 e. The van der Waals surface area contributed by atoms with Crippen LogP contribution >= 0.6 is 0 Å². The number of rotatable bonds is 8. The molecule has 1 saturated carbocycles. The quantitative estimate of drug-likeness (QED) is 0.442. The molecule has 0 bridgehead atoms. The van der Waals surface area contributed by atoms with Crippen LogP contribution in [-0.4, -0.2) is 53.0 Å². The van der Waals surface area contributed by atoms with E-state index in [2.05, 4.69) is 11.9 Å². The summed E-state index contributed by atoms with van der Waals surface area (Å²) in [5.41, 5.74) is 0.460. The summed E-state index contributed by atoms with van der Waals surface area (Å²) >= 11 is 0. The van der Waals surface area contributed by atoms with Crippen molar-refractivity contribution in [2.45, 2.75) is 97.1 Å². The molecule has 1 aromatic rings. The standard InChI is InChI=1S/C30H46N2O4/c1-22-10-12-23(13-11-22)14-15-25-16-17-32(29(35)36-30(2,3)4)27(19-25)28(34)31-20-26(21-33)18-24-8-6-5-7-9-24/h5-9,20,22-23,25-27,33H,10-19,21H2,1-4H3. The van der Waals surface area contributed by atoms with Gasteiger partial charge in [0.2, 0.25) is 0 Å². The number of likely N-dealkylation sites (tertiary alicyclic amines) is 1. The van der Waals surface area contributed by atoms with E-state index in [9.17, 15) is 14.7 Å². The molecule has 1 N–H and O–H groups in total. The highest BCUT2D eigenvalue weighted by atomic mass is 16.6. The number of amides is 2. The highest BCUT2D eigenvalue weighted by molar-refractivity contribution is 5.92. The Morgan fingerprint density at radius 2 is 1.75 bits per heavy atom. The molecule has 6 heteroatoms. The Hall–Kier alpha value is -2.21. The Bertz CT molecular complexity index is 855. The molecule has 6 nitrogen and oxygen atoms in total. The first kappa shape index (κ1) is 28.4. The zero-order valence-corrected chi connectivity index (χ0v) is 22.7. The third-order valence-corrected chi connectivity index (χ3v) is 7.73. The van der Waals surface area contributed by atoms with Crippen molar-refractivity contribution in [3.8, 4) is 0 Å². The van der Waals surface area contributed by atoms with Crippen molar-refractivity contribution in [3.05, 3.63) is 35.9 Å². The van der Waals surface area contributed by atoms with Gasteiger partial charge in [-0.15, -0.1) is 0 Å². The Balaban J connectivity index is 1.65. The molecule has 3 atom stereocenters. The van der Waals surface area contributed by atoms with Crippen molar-refractivity contribution < 1.29 is 19.4 Å². The van der Waals surface area contributed by atoms with Gasteiger partial charge in [0.1, 0.15) is 11.6 Å². The number of aliphatic hydroxyl groups excluding tert-OH is 1. The minimum atomic E-state index is -0.624. The average Bonchev–Trinajstić information content (AvgIpc) is 2.85. The Kier molecular flexibility index (Phi) is 10.5. The second kappa shape index (κ2) is 13.4. The average molecular weight is 499 g/mol. The summed E-state index contributed by atoms with van der Waals surface area (Å²) < 4.78 is 5.63. The first-order valence-corrected chi connectivity index (χ1v) is 13.9. The molecular formula is C30H46N2O4. The Labute approximate surface area is 217 Å². The van der Waals surface area contributed by atoms with Crippen LogP contribution in [0.4, 0.5) is 4.79 Å². The van der Waals surface area contributed by atoms with Gasteiger partial charge < -0.3 is 9.84 Å². The van der Waals surface area contributed by atoms with E-state index >= 15 is 0 Å². The lowest BCUT2D eigenvalue weighted by Crippen LogP contribution is -2.51. The second-order valence-electron chi connectivity index (χ2n) is 12.0. The number of nitrogens with zero attached hydrogens (tertiary/aromatic N) is 2. The van der Waals surface area contributed by atoms with Gasteiger partial charge in [-0.25, -0.2) is 9.79 Å². The van der Waals surface area contributed by atoms with Gasteiger partial charge in [-0.3, -0.25) is 9.69 Å². The molecule has 1 heterocycles. The number of carbonyl (C=O) groups is 2. The molecule has 2 aliphatic rings. The van der Waals surface area contributed by atoms with Gasteiger partial charge in [-0.2, -0.15) is 0 Å². The molecule has 2 fully saturated rings. The van der Waals surface area contributed by atoms with E-state index in [1.54, 1.807) is 11.1 Å². The lowest BCUT2D eigenvalue weighted by molar-refractivity contribution is -0.125. The zero-order chi connectivity index (χ0) is 26.1. The third kappa shape index (κ3) is 9.02. The highest BCUT2D eigenvalue weighted by Gasteiger charge is 2.38. The van der Waals surface area contributed by atoms with Crippen LogP contribution in [0, 0.1) is 23.7 Å². The Morgan fingerprint density at radius 1 is 1.08 bits per heavy atom. The lowest BCUT2D eigenvalue weighted by Gasteiger charge is -2.39. The van der Waals surface area contributed by atoms with Crippen molar-refractivity contribution in [2.24, 2.45) is 28.7 Å². The minimum Gasteiger partial charge on any atom is -0.444 e. The maximum absolute atomic E-state index is 13.3. The minimum absolute atomic E-state index is 0.0885. The predicted octanol–water partition coefficient (Wildman–Crippen LogP) is 6.06. The van der Waals surface area contributed by atoms with Crippen LogP contribution in [0.5, 0.6) is 0 Å². The van der Waals surface area contributed by atoms with Crippen LogP contribution in [0.25, 0.3) is 0 Å². The van der Waals surface area contributed by atoms with Crippen LogP contribution in [0.2, 0.25) is 0 Å². The van der Waals surface area contributed by atoms with E-state index in [1.807, 2.05) is 51.1 Å². The van der Waals surface area contributed by atoms with Crippen LogP contribution in [0.1, 0.15) is 84.6 Å². The second-order valence-corrected chi connectivity index (χ2v) is 12.0. The molecule has 1 aliphatic heterocycles. The Morgan fingerprint density at radius 3 is 2.39 bits per heavy atom. The van der Waals surface area contributed by atoms with E-state index in [0.29, 0.717) is 25.3 Å². The monoisotopic (exact) mass is 498 g/mol. The van der Waals surface area contributed by atoms with E-state index in [-0.39, 0.29) is 18.4 Å². The molecule has 36 heavy (non-hydrogen) atoms. The normalized spacial score (nSPS) is 26.1. The summed E-state index contributed by atoms with van der Waals surface area (Å²) in [6.07, 6.45) is 10.8. The number of hydrogen-bond donors (Lipinski definition) is 1. The van der Waals surface area contributed by atoms with Crippen LogP contribution in [0.15, 0.2) is 35.3 Å². The van der Waals surface area contributed by atoms with Gasteiger partial charge in [-0.1, -0.05) is 75.8 Å². The smallest absolute Gasteiger partial charge is 0.410 e. The van der Waals surface area contributed by atoms with Gasteiger partial charge >= 0.3 is 6.09 Å². The summed E-state index contributed by atoms with van der Waals surface area (Å²) in [6, 6.07) is 9.26. The van der Waals surface area contributed by atoms with Crippen molar-refractivity contribution in [2.75, 3.05) is 13.2 Å². The van der Waals surface area contributed by atoms with Gasteiger partial charge in [0.25, 0.3) is 5.91 Å². The van der Waals surface area contributed by atoms with E-state index in [1.165, 1.54) is 32.1 Å². The first-order chi connectivity index (χ1) is 17.1. The number of carbonyl (C=O) groups excluding carboxylic acids is 2. The molecule has 0 radical (unpaired) electrons. The number of benzene rings is 1. The zero-order valence-electron chi connectivity index (χ0n) is 22.7. The highest BCUT2D eigenvalue weighted by Crippen LogP contribution is 2.35. The SMILES string of the molecule is CC1CCC(CCC2CCN(C(=O)OC(C)(C)C)C(C(=O)N=CC(CO)Cc3ccccc3)C2)CC1. The molecule has 1 aliphatic carbocycles. The predicted molar refractivity (Wildman–Crippen MR) is 144 cm³/mol. The molecule has 0 spiro atoms. The molecule has 200 valence electrons. The number of ether oxygens (including phenoxy) is 1. The van der Waals surface area contributed by atoms with Gasteiger partial charge in [-0.05, 0) is 63.4 Å². The molecular weight excluding hydrogens is 452 g/mol. The molecule has 0 aromatic heterocycles. The van der Waals surface area contributed by atoms with Crippen LogP contribution in [0.3, 0.4) is 0 Å². The van der Waals surface area contributed by atoms with Crippen LogP contribution in [-0.2, 0) is 16.0 Å². The molecule has 2 amide bonds. The third-order valence-electron chi connectivity index (χ3n) is 7.73. The lowest BCUT2D eigenvalue weighted by atomic mass is 9.78. The summed E-state index contributed by atoms with van der Waals surface area (Å²) in [6.45, 7) is 8.29. The summed E-state index contributed by atoms with van der Waals surface area (Å²) in [5, 5.41) is 9.84. The summed E-state index contributed by atoms with van der Waals surface area (Å²) in [4.78, 5) is 32.1. The topological polar surface area (TPSA) is 79.2 Å². The van der Waals surface area contributed by atoms with E-state index < -0.39 is 17.7 Å². The summed E-state index contributed by atoms with van der Waals surface area (Å²) in [5.74, 6) is 1.48. The molecule has 1 saturated heterocycles. The molecule has 1 aromatic carbocycles. The van der Waals surface area contributed by atoms with E-state index in [4.69, 9.17) is 4.74 Å². The van der Waals surface area contributed by atoms with Crippen molar-refractivity contribution in [3.63, 3.8) is 0 Å². The number of aliphatic hydroxyl groups is 1. The van der Waals surface area contributed by atoms with Crippen molar-refractivity contribution in [1.82, 2.24) is 4.90 Å². The fourth-order valence-electron chi connectivity index (χ4n) is 5.51. The largest absolute Gasteiger partial charge is 0.444 e. The number of piperidine rings is 1.